The number of amides is 2. The average molecular weight is 280 g/mol. The first-order valence-corrected chi connectivity index (χ1v) is 7.78. The van der Waals surface area contributed by atoms with Crippen LogP contribution < -0.4 is 0 Å². The van der Waals surface area contributed by atoms with Crippen LogP contribution in [0.15, 0.2) is 0 Å². The van der Waals surface area contributed by atoms with Crippen LogP contribution in [0.25, 0.3) is 0 Å². The summed E-state index contributed by atoms with van der Waals surface area (Å²) in [5.74, 6) is 0.829. The van der Waals surface area contributed by atoms with Gasteiger partial charge in [-0.2, -0.15) is 0 Å². The molecule has 2 saturated heterocycles. The molecule has 0 bridgehead atoms. The fourth-order valence-electron chi connectivity index (χ4n) is 3.73. The normalized spacial score (nSPS) is 30.9. The summed E-state index contributed by atoms with van der Waals surface area (Å²) < 4.78 is 0. The molecule has 20 heavy (non-hydrogen) atoms. The molecule has 0 radical (unpaired) electrons. The number of aliphatic hydroxyl groups is 1. The first-order chi connectivity index (χ1) is 9.62. The third-order valence-corrected chi connectivity index (χ3v) is 5.07. The van der Waals surface area contributed by atoms with Crippen molar-refractivity contribution in [2.75, 3.05) is 32.8 Å². The van der Waals surface area contributed by atoms with Crippen molar-refractivity contribution in [3.63, 3.8) is 0 Å². The number of piperidine rings is 2. The van der Waals surface area contributed by atoms with E-state index in [-0.39, 0.29) is 17.2 Å². The van der Waals surface area contributed by atoms with Crippen LogP contribution in [-0.2, 0) is 9.59 Å². The standard InChI is InChI=1S/C15H24N2O3/c18-9-14(20)16-7-1-5-15(10-16)6-4-13(19)17(11-15)8-12-2-3-12/h12,18H,1-11H2/t15-/m1/s1. The summed E-state index contributed by atoms with van der Waals surface area (Å²) >= 11 is 0. The summed E-state index contributed by atoms with van der Waals surface area (Å²) in [4.78, 5) is 27.6. The molecule has 1 N–H and O–H groups in total. The van der Waals surface area contributed by atoms with Crippen LogP contribution in [0.4, 0.5) is 0 Å². The second-order valence-corrected chi connectivity index (χ2v) is 6.79. The Labute approximate surface area is 119 Å². The summed E-state index contributed by atoms with van der Waals surface area (Å²) in [7, 11) is 0. The minimum absolute atomic E-state index is 0.0753. The molecule has 1 saturated carbocycles. The number of rotatable bonds is 3. The van der Waals surface area contributed by atoms with E-state index >= 15 is 0 Å². The zero-order valence-corrected chi connectivity index (χ0v) is 12.0. The molecule has 2 aliphatic heterocycles. The highest BCUT2D eigenvalue weighted by Gasteiger charge is 2.43. The molecule has 3 fully saturated rings. The maximum Gasteiger partial charge on any atom is 0.248 e. The SMILES string of the molecule is O=C(CO)N1CCC[C@@]2(CCC(=O)N(CC3CC3)C2)C1. The molecule has 1 atom stereocenters. The van der Waals surface area contributed by atoms with Gasteiger partial charge in [0.15, 0.2) is 0 Å². The zero-order chi connectivity index (χ0) is 14.2. The van der Waals surface area contributed by atoms with Crippen LogP contribution in [0, 0.1) is 11.3 Å². The Bertz CT molecular complexity index is 408. The molecule has 2 amide bonds. The van der Waals surface area contributed by atoms with Crippen LogP contribution in [-0.4, -0.2) is 59.5 Å². The van der Waals surface area contributed by atoms with Gasteiger partial charge in [0.25, 0.3) is 0 Å². The average Bonchev–Trinajstić information content (AvgIpc) is 3.26. The Hall–Kier alpha value is -1.10. The quantitative estimate of drug-likeness (QED) is 0.824. The highest BCUT2D eigenvalue weighted by Crippen LogP contribution is 2.40. The summed E-state index contributed by atoms with van der Waals surface area (Å²) in [5.41, 5.74) is 0.0753. The number of aliphatic hydroxyl groups excluding tert-OH is 1. The second kappa shape index (κ2) is 5.35. The van der Waals surface area contributed by atoms with Crippen molar-refractivity contribution in [1.82, 2.24) is 9.80 Å². The Balaban J connectivity index is 1.67. The molecule has 112 valence electrons. The van der Waals surface area contributed by atoms with E-state index in [1.165, 1.54) is 12.8 Å². The molecule has 2 heterocycles. The van der Waals surface area contributed by atoms with Gasteiger partial charge >= 0.3 is 0 Å². The fourth-order valence-corrected chi connectivity index (χ4v) is 3.73. The lowest BCUT2D eigenvalue weighted by atomic mass is 9.73. The molecular formula is C15H24N2O3. The summed E-state index contributed by atoms with van der Waals surface area (Å²) in [5, 5.41) is 9.04. The van der Waals surface area contributed by atoms with Crippen molar-refractivity contribution < 1.29 is 14.7 Å². The lowest BCUT2D eigenvalue weighted by Gasteiger charge is -2.48. The second-order valence-electron chi connectivity index (χ2n) is 6.79. The zero-order valence-electron chi connectivity index (χ0n) is 12.0. The van der Waals surface area contributed by atoms with Crippen LogP contribution in [0.2, 0.25) is 0 Å². The maximum atomic E-state index is 12.1. The van der Waals surface area contributed by atoms with Gasteiger partial charge in [-0.3, -0.25) is 9.59 Å². The van der Waals surface area contributed by atoms with Crippen molar-refractivity contribution >= 4 is 11.8 Å². The number of hydrogen-bond donors (Lipinski definition) is 1. The molecule has 3 aliphatic rings. The minimum Gasteiger partial charge on any atom is -0.387 e. The van der Waals surface area contributed by atoms with Gasteiger partial charge in [0.2, 0.25) is 11.8 Å². The number of likely N-dealkylation sites (tertiary alicyclic amines) is 2. The molecule has 0 unspecified atom stereocenters. The van der Waals surface area contributed by atoms with Gasteiger partial charge in [-0.05, 0) is 38.0 Å². The van der Waals surface area contributed by atoms with Crippen molar-refractivity contribution in [2.45, 2.75) is 38.5 Å². The predicted molar refractivity (Wildman–Crippen MR) is 73.9 cm³/mol. The van der Waals surface area contributed by atoms with Gasteiger partial charge < -0.3 is 14.9 Å². The summed E-state index contributed by atoms with van der Waals surface area (Å²) in [6, 6.07) is 0. The minimum atomic E-state index is -0.402. The first-order valence-electron chi connectivity index (χ1n) is 7.78. The Morgan fingerprint density at radius 2 is 2.10 bits per heavy atom. The summed E-state index contributed by atoms with van der Waals surface area (Å²) in [6.45, 7) is 2.77. The van der Waals surface area contributed by atoms with Crippen molar-refractivity contribution in [3.05, 3.63) is 0 Å². The highest BCUT2D eigenvalue weighted by atomic mass is 16.3. The van der Waals surface area contributed by atoms with Crippen molar-refractivity contribution in [3.8, 4) is 0 Å². The topological polar surface area (TPSA) is 60.9 Å². The lowest BCUT2D eigenvalue weighted by molar-refractivity contribution is -0.144. The molecule has 0 aromatic heterocycles. The van der Waals surface area contributed by atoms with Crippen LogP contribution in [0.3, 0.4) is 0 Å². The summed E-state index contributed by atoms with van der Waals surface area (Å²) in [6.07, 6.45) is 6.10. The van der Waals surface area contributed by atoms with E-state index in [4.69, 9.17) is 5.11 Å². The Kier molecular flexibility index (Phi) is 3.71. The van der Waals surface area contributed by atoms with Gasteiger partial charge in [0.05, 0.1) is 0 Å². The smallest absolute Gasteiger partial charge is 0.248 e. The third kappa shape index (κ3) is 2.82. The molecule has 3 rings (SSSR count). The van der Waals surface area contributed by atoms with Crippen molar-refractivity contribution in [2.24, 2.45) is 11.3 Å². The molecule has 1 aliphatic carbocycles. The van der Waals surface area contributed by atoms with E-state index in [2.05, 4.69) is 0 Å². The lowest BCUT2D eigenvalue weighted by Crippen LogP contribution is -2.55. The van der Waals surface area contributed by atoms with Crippen LogP contribution >= 0.6 is 0 Å². The molecule has 0 aromatic rings. The number of carbonyl (C=O) groups excluding carboxylic acids is 2. The highest BCUT2D eigenvalue weighted by molar-refractivity contribution is 5.78. The van der Waals surface area contributed by atoms with E-state index in [0.717, 1.165) is 38.9 Å². The molecular weight excluding hydrogens is 256 g/mol. The molecule has 5 heteroatoms. The molecule has 5 nitrogen and oxygen atoms in total. The third-order valence-electron chi connectivity index (χ3n) is 5.07. The van der Waals surface area contributed by atoms with Crippen molar-refractivity contribution in [1.29, 1.82) is 0 Å². The maximum absolute atomic E-state index is 12.1. The van der Waals surface area contributed by atoms with Gasteiger partial charge in [0, 0.05) is 38.0 Å². The predicted octanol–water partition coefficient (Wildman–Crippen LogP) is 0.620. The molecule has 1 spiro atoms. The van der Waals surface area contributed by atoms with Gasteiger partial charge in [-0.25, -0.2) is 0 Å². The number of carbonyl (C=O) groups is 2. The van der Waals surface area contributed by atoms with Gasteiger partial charge in [0.1, 0.15) is 6.61 Å². The molecule has 0 aromatic carbocycles. The Morgan fingerprint density at radius 3 is 2.80 bits per heavy atom. The largest absolute Gasteiger partial charge is 0.387 e. The van der Waals surface area contributed by atoms with Gasteiger partial charge in [-0.1, -0.05) is 0 Å². The van der Waals surface area contributed by atoms with Crippen LogP contribution in [0.5, 0.6) is 0 Å². The van der Waals surface area contributed by atoms with Crippen LogP contribution in [0.1, 0.15) is 38.5 Å². The van der Waals surface area contributed by atoms with E-state index in [9.17, 15) is 9.59 Å². The van der Waals surface area contributed by atoms with E-state index in [1.54, 1.807) is 4.90 Å². The fraction of sp³-hybridized carbons (Fsp3) is 0.867. The first kappa shape index (κ1) is 13.9. The monoisotopic (exact) mass is 280 g/mol. The number of nitrogens with zero attached hydrogens (tertiary/aromatic N) is 2. The van der Waals surface area contributed by atoms with Gasteiger partial charge in [-0.15, -0.1) is 0 Å². The number of hydrogen-bond acceptors (Lipinski definition) is 3. The van der Waals surface area contributed by atoms with E-state index < -0.39 is 6.61 Å². The van der Waals surface area contributed by atoms with E-state index in [0.29, 0.717) is 18.9 Å². The van der Waals surface area contributed by atoms with E-state index in [1.807, 2.05) is 4.90 Å². The Morgan fingerprint density at radius 1 is 1.30 bits per heavy atom.